The molecule has 0 spiro atoms. The summed E-state index contributed by atoms with van der Waals surface area (Å²) in [7, 11) is 0. The van der Waals surface area contributed by atoms with Crippen molar-refractivity contribution in [2.24, 2.45) is 0 Å². The van der Waals surface area contributed by atoms with Crippen molar-refractivity contribution in [1.82, 2.24) is 14.7 Å². The number of rotatable bonds is 9. The van der Waals surface area contributed by atoms with Crippen LogP contribution in [0, 0.1) is 0 Å². The van der Waals surface area contributed by atoms with Crippen LogP contribution in [-0.2, 0) is 22.5 Å². The van der Waals surface area contributed by atoms with Gasteiger partial charge in [0.15, 0.2) is 5.78 Å². The first-order chi connectivity index (χ1) is 17.5. The molecule has 9 nitrogen and oxygen atoms in total. The van der Waals surface area contributed by atoms with Gasteiger partial charge in [-0.25, -0.2) is 4.98 Å². The van der Waals surface area contributed by atoms with Gasteiger partial charge in [0.1, 0.15) is 18.1 Å². The molecule has 2 aromatic carbocycles. The molecule has 1 saturated heterocycles. The van der Waals surface area contributed by atoms with Crippen LogP contribution >= 0.6 is 11.6 Å². The second-order valence-corrected chi connectivity index (χ2v) is 8.80. The summed E-state index contributed by atoms with van der Waals surface area (Å²) >= 11 is 6.02. The normalized spacial score (nSPS) is 15.1. The van der Waals surface area contributed by atoms with Crippen molar-refractivity contribution in [3.05, 3.63) is 93.6 Å². The number of nitrogens with zero attached hydrogens (tertiary/aromatic N) is 3. The van der Waals surface area contributed by atoms with Crippen LogP contribution in [0.5, 0.6) is 11.6 Å². The van der Waals surface area contributed by atoms with Crippen LogP contribution in [0.3, 0.4) is 0 Å². The van der Waals surface area contributed by atoms with Crippen LogP contribution in [0.2, 0.25) is 5.02 Å². The zero-order chi connectivity index (χ0) is 24.9. The Hall–Kier alpha value is -3.95. The van der Waals surface area contributed by atoms with E-state index >= 15 is 0 Å². The van der Waals surface area contributed by atoms with Gasteiger partial charge in [-0.3, -0.25) is 14.2 Å². The first-order valence-electron chi connectivity index (χ1n) is 11.5. The van der Waals surface area contributed by atoms with Crippen LogP contribution in [0.15, 0.2) is 76.4 Å². The van der Waals surface area contributed by atoms with Crippen molar-refractivity contribution < 1.29 is 18.8 Å². The Labute approximate surface area is 211 Å². The molecule has 5 rings (SSSR count). The van der Waals surface area contributed by atoms with Crippen molar-refractivity contribution in [3.8, 4) is 11.6 Å². The van der Waals surface area contributed by atoms with E-state index in [4.69, 9.17) is 25.6 Å². The molecule has 0 radical (unpaired) electrons. The summed E-state index contributed by atoms with van der Waals surface area (Å²) in [5.74, 6) is 1.16. The van der Waals surface area contributed by atoms with E-state index in [0.717, 1.165) is 12.0 Å². The lowest BCUT2D eigenvalue weighted by Crippen LogP contribution is -2.31. The third-order valence-electron chi connectivity index (χ3n) is 5.77. The number of halogens is 1. The Balaban J connectivity index is 1.40. The summed E-state index contributed by atoms with van der Waals surface area (Å²) in [5, 5.41) is 7.52. The van der Waals surface area contributed by atoms with Crippen LogP contribution in [0.25, 0.3) is 0 Å². The minimum absolute atomic E-state index is 0.0223. The van der Waals surface area contributed by atoms with Crippen molar-refractivity contribution in [2.45, 2.75) is 31.9 Å². The zero-order valence-corrected chi connectivity index (χ0v) is 20.0. The Morgan fingerprint density at radius 3 is 2.64 bits per heavy atom. The maximum Gasteiger partial charge on any atom is 0.259 e. The van der Waals surface area contributed by atoms with E-state index in [1.54, 1.807) is 42.5 Å². The Morgan fingerprint density at radius 1 is 1.14 bits per heavy atom. The largest absolute Gasteiger partial charge is 0.436 e. The molecular weight excluding hydrogens is 484 g/mol. The van der Waals surface area contributed by atoms with E-state index in [9.17, 15) is 9.59 Å². The minimum Gasteiger partial charge on any atom is -0.436 e. The van der Waals surface area contributed by atoms with Gasteiger partial charge in [-0.15, -0.1) is 0 Å². The van der Waals surface area contributed by atoms with Crippen LogP contribution < -0.4 is 15.6 Å². The number of hydrogen-bond acceptors (Lipinski definition) is 8. The average Bonchev–Trinajstić information content (AvgIpc) is 3.60. The maximum atomic E-state index is 13.5. The van der Waals surface area contributed by atoms with E-state index in [1.165, 1.54) is 17.0 Å². The molecule has 3 heterocycles. The topological polar surface area (TPSA) is 108 Å². The molecule has 184 valence electrons. The summed E-state index contributed by atoms with van der Waals surface area (Å²) in [4.78, 5) is 30.6. The van der Waals surface area contributed by atoms with Crippen molar-refractivity contribution in [3.63, 3.8) is 0 Å². The summed E-state index contributed by atoms with van der Waals surface area (Å²) in [6.07, 6.45) is 3.94. The lowest BCUT2D eigenvalue weighted by atomic mass is 10.1. The van der Waals surface area contributed by atoms with Crippen molar-refractivity contribution >= 4 is 29.0 Å². The molecule has 1 atom stereocenters. The molecule has 0 amide bonds. The smallest absolute Gasteiger partial charge is 0.259 e. The highest BCUT2D eigenvalue weighted by Crippen LogP contribution is 2.23. The molecule has 10 heteroatoms. The number of anilines is 2. The Morgan fingerprint density at radius 2 is 1.94 bits per heavy atom. The Kier molecular flexibility index (Phi) is 7.11. The predicted octanol–water partition coefficient (Wildman–Crippen LogP) is 4.76. The van der Waals surface area contributed by atoms with Crippen molar-refractivity contribution in [1.29, 1.82) is 0 Å². The second kappa shape index (κ2) is 10.8. The number of Topliss-reactive ketones (excluding diaryl/α,β-unsaturated/α-hetero) is 1. The first kappa shape index (κ1) is 23.8. The lowest BCUT2D eigenvalue weighted by molar-refractivity contribution is -0.127. The first-order valence-corrected chi connectivity index (χ1v) is 11.9. The Bertz CT molecular complexity index is 1380. The summed E-state index contributed by atoms with van der Waals surface area (Å²) < 4.78 is 17.4. The van der Waals surface area contributed by atoms with E-state index in [-0.39, 0.29) is 24.3 Å². The third-order valence-corrected chi connectivity index (χ3v) is 6.02. The number of benzene rings is 2. The highest BCUT2D eigenvalue weighted by molar-refractivity contribution is 6.30. The number of carbonyl (C=O) groups excluding carboxylic acids is 1. The van der Waals surface area contributed by atoms with Gasteiger partial charge in [0.05, 0.1) is 6.54 Å². The van der Waals surface area contributed by atoms with Gasteiger partial charge in [0.2, 0.25) is 5.95 Å². The van der Waals surface area contributed by atoms with Crippen LogP contribution in [0.4, 0.5) is 11.6 Å². The van der Waals surface area contributed by atoms with Gasteiger partial charge in [-0.05, 0) is 60.0 Å². The van der Waals surface area contributed by atoms with Gasteiger partial charge in [0.25, 0.3) is 11.4 Å². The van der Waals surface area contributed by atoms with Gasteiger partial charge < -0.3 is 19.3 Å². The molecule has 1 aliphatic rings. The summed E-state index contributed by atoms with van der Waals surface area (Å²) in [5.41, 5.74) is 1.60. The molecule has 36 heavy (non-hydrogen) atoms. The second-order valence-electron chi connectivity index (χ2n) is 8.36. The monoisotopic (exact) mass is 506 g/mol. The van der Waals surface area contributed by atoms with E-state index in [0.29, 0.717) is 46.9 Å². The van der Waals surface area contributed by atoms with Crippen LogP contribution in [-0.4, -0.2) is 33.2 Å². The number of hydrogen-bond donors (Lipinski definition) is 1. The predicted molar refractivity (Wildman–Crippen MR) is 133 cm³/mol. The molecule has 1 fully saturated rings. The number of ether oxygens (including phenoxy) is 2. The fraction of sp³-hybridized carbons (Fsp3) is 0.231. The molecule has 1 unspecified atom stereocenters. The molecule has 1 N–H and O–H groups in total. The number of nitrogens with one attached hydrogen (secondary N) is 1. The summed E-state index contributed by atoms with van der Waals surface area (Å²) in [6.45, 7) is 0.821. The van der Waals surface area contributed by atoms with Gasteiger partial charge >= 0.3 is 0 Å². The standard InChI is InChI=1S/C26H23ClN4O5/c27-19-5-3-17(4-6-19)16-31-25(33)18(14-22(32)23-2-1-12-34-23)15-28-26(31)29-20-7-9-21(10-8-20)36-24-11-13-35-30-24/h3-11,13,15,23H,1-2,12,14,16H2,(H,28,29). The van der Waals surface area contributed by atoms with E-state index in [2.05, 4.69) is 15.5 Å². The van der Waals surface area contributed by atoms with E-state index in [1.807, 2.05) is 12.1 Å². The molecule has 0 bridgehead atoms. The fourth-order valence-electron chi connectivity index (χ4n) is 3.92. The fourth-order valence-corrected chi connectivity index (χ4v) is 4.04. The van der Waals surface area contributed by atoms with Crippen LogP contribution in [0.1, 0.15) is 24.0 Å². The van der Waals surface area contributed by atoms with E-state index < -0.39 is 6.10 Å². The lowest BCUT2D eigenvalue weighted by Gasteiger charge is -2.16. The quantitative estimate of drug-likeness (QED) is 0.346. The number of aromatic nitrogens is 3. The summed E-state index contributed by atoms with van der Waals surface area (Å²) in [6, 6.07) is 15.9. The van der Waals surface area contributed by atoms with Gasteiger partial charge in [0, 0.05) is 41.6 Å². The minimum atomic E-state index is -0.454. The average molecular weight is 507 g/mol. The third kappa shape index (κ3) is 5.64. The molecule has 0 aliphatic carbocycles. The van der Waals surface area contributed by atoms with Gasteiger partial charge in [-0.2, -0.15) is 0 Å². The molecule has 0 saturated carbocycles. The zero-order valence-electron chi connectivity index (χ0n) is 19.2. The maximum absolute atomic E-state index is 13.5. The highest BCUT2D eigenvalue weighted by atomic mass is 35.5. The highest BCUT2D eigenvalue weighted by Gasteiger charge is 2.25. The van der Waals surface area contributed by atoms with Gasteiger partial charge in [-0.1, -0.05) is 23.7 Å². The molecule has 2 aromatic heterocycles. The number of carbonyl (C=O) groups is 1. The molecular formula is C26H23ClN4O5. The molecule has 1 aliphatic heterocycles. The molecule has 4 aromatic rings. The number of ketones is 1. The SMILES string of the molecule is O=C(Cc1cnc(Nc2ccc(Oc3ccon3)cc2)n(Cc2ccc(Cl)cc2)c1=O)C1CCCO1. The van der Waals surface area contributed by atoms with Crippen molar-refractivity contribution in [2.75, 3.05) is 11.9 Å².